The van der Waals surface area contributed by atoms with E-state index in [1.54, 1.807) is 67.0 Å². The van der Waals surface area contributed by atoms with E-state index in [1.807, 2.05) is 0 Å². The van der Waals surface area contributed by atoms with Gasteiger partial charge in [-0.05, 0) is 42.0 Å². The van der Waals surface area contributed by atoms with E-state index < -0.39 is 17.7 Å². The molecular weight excluding hydrogens is 462 g/mol. The van der Waals surface area contributed by atoms with Crippen LogP contribution < -0.4 is 9.64 Å². The zero-order valence-electron chi connectivity index (χ0n) is 17.2. The Balaban J connectivity index is 1.72. The molecule has 0 aliphatic carbocycles. The standard InChI is InChI=1S/C24H16ClN3O4S/c1-32-16-6-2-4-13(10-16)21(29)19-20(14-5-3-9-26-12-14)28(23(31)22(19)30)24-27-17-8-7-15(25)11-18(17)33-24/h2-12,20,29H,1H3. The van der Waals surface area contributed by atoms with Crippen LogP contribution in [0.25, 0.3) is 16.0 Å². The first-order chi connectivity index (χ1) is 16.0. The van der Waals surface area contributed by atoms with Crippen molar-refractivity contribution in [2.45, 2.75) is 6.04 Å². The first-order valence-electron chi connectivity index (χ1n) is 9.89. The van der Waals surface area contributed by atoms with Crippen LogP contribution in [0.4, 0.5) is 5.13 Å². The quantitative estimate of drug-likeness (QED) is 0.253. The summed E-state index contributed by atoms with van der Waals surface area (Å²) in [6.45, 7) is 0. The number of amides is 1. The number of fused-ring (bicyclic) bond motifs is 1. The highest BCUT2D eigenvalue weighted by molar-refractivity contribution is 7.22. The van der Waals surface area contributed by atoms with Gasteiger partial charge < -0.3 is 9.84 Å². The van der Waals surface area contributed by atoms with Crippen LogP contribution in [-0.4, -0.2) is 33.9 Å². The summed E-state index contributed by atoms with van der Waals surface area (Å²) in [6.07, 6.45) is 3.16. The lowest BCUT2D eigenvalue weighted by molar-refractivity contribution is -0.132. The molecule has 164 valence electrons. The maximum absolute atomic E-state index is 13.2. The van der Waals surface area contributed by atoms with Crippen LogP contribution in [0.1, 0.15) is 17.2 Å². The number of carbonyl (C=O) groups is 2. The fraction of sp³-hybridized carbons (Fsp3) is 0.0833. The van der Waals surface area contributed by atoms with Crippen molar-refractivity contribution in [1.82, 2.24) is 9.97 Å². The van der Waals surface area contributed by atoms with E-state index in [2.05, 4.69) is 9.97 Å². The number of benzene rings is 2. The highest BCUT2D eigenvalue weighted by atomic mass is 35.5. The largest absolute Gasteiger partial charge is 0.507 e. The van der Waals surface area contributed by atoms with E-state index in [4.69, 9.17) is 16.3 Å². The molecule has 2 aromatic carbocycles. The fourth-order valence-corrected chi connectivity index (χ4v) is 5.07. The van der Waals surface area contributed by atoms with Gasteiger partial charge in [-0.25, -0.2) is 4.98 Å². The molecule has 0 bridgehead atoms. The van der Waals surface area contributed by atoms with Gasteiger partial charge in [0.05, 0.1) is 28.9 Å². The lowest BCUT2D eigenvalue weighted by Gasteiger charge is -2.22. The number of aliphatic hydroxyl groups is 1. The Morgan fingerprint density at radius 1 is 1.15 bits per heavy atom. The first-order valence-corrected chi connectivity index (χ1v) is 11.1. The minimum absolute atomic E-state index is 0.0430. The number of hydrogen-bond donors (Lipinski definition) is 1. The lowest BCUT2D eigenvalue weighted by Crippen LogP contribution is -2.29. The number of halogens is 1. The summed E-state index contributed by atoms with van der Waals surface area (Å²) in [5.41, 5.74) is 1.54. The van der Waals surface area contributed by atoms with E-state index in [0.717, 1.165) is 4.70 Å². The molecule has 0 spiro atoms. The third kappa shape index (κ3) is 3.63. The van der Waals surface area contributed by atoms with Crippen molar-refractivity contribution in [3.05, 3.63) is 88.7 Å². The van der Waals surface area contributed by atoms with Crippen molar-refractivity contribution < 1.29 is 19.4 Å². The molecule has 1 fully saturated rings. The van der Waals surface area contributed by atoms with E-state index in [0.29, 0.717) is 32.5 Å². The van der Waals surface area contributed by atoms with Crippen LogP contribution in [0.15, 0.2) is 72.6 Å². The average molecular weight is 478 g/mol. The average Bonchev–Trinajstić information content (AvgIpc) is 3.37. The number of rotatable bonds is 4. The summed E-state index contributed by atoms with van der Waals surface area (Å²) in [5, 5.41) is 12.0. The highest BCUT2D eigenvalue weighted by Crippen LogP contribution is 2.44. The zero-order chi connectivity index (χ0) is 23.1. The third-order valence-electron chi connectivity index (χ3n) is 5.33. The first kappa shape index (κ1) is 21.1. The molecular formula is C24H16ClN3O4S. The Morgan fingerprint density at radius 3 is 2.76 bits per heavy atom. The van der Waals surface area contributed by atoms with Crippen LogP contribution in [0.5, 0.6) is 5.75 Å². The molecule has 2 aromatic heterocycles. The summed E-state index contributed by atoms with van der Waals surface area (Å²) >= 11 is 7.35. The number of ether oxygens (including phenoxy) is 1. The molecule has 0 radical (unpaired) electrons. The molecule has 9 heteroatoms. The summed E-state index contributed by atoms with van der Waals surface area (Å²) < 4.78 is 6.01. The zero-order valence-corrected chi connectivity index (χ0v) is 18.8. The maximum atomic E-state index is 13.2. The van der Waals surface area contributed by atoms with Crippen molar-refractivity contribution in [1.29, 1.82) is 0 Å². The van der Waals surface area contributed by atoms with Crippen molar-refractivity contribution in [3.8, 4) is 5.75 Å². The Kier molecular flexibility index (Phi) is 5.32. The van der Waals surface area contributed by atoms with Gasteiger partial charge in [-0.15, -0.1) is 0 Å². The van der Waals surface area contributed by atoms with Crippen LogP contribution in [0.2, 0.25) is 5.02 Å². The third-order valence-corrected chi connectivity index (χ3v) is 6.59. The number of thiazole rings is 1. The van der Waals surface area contributed by atoms with Crippen molar-refractivity contribution >= 4 is 55.7 Å². The normalized spacial score (nSPS) is 17.6. The number of nitrogens with zero attached hydrogens (tertiary/aromatic N) is 3. The Morgan fingerprint density at radius 2 is 2.00 bits per heavy atom. The molecule has 1 amide bonds. The molecule has 1 aliphatic rings. The van der Waals surface area contributed by atoms with Gasteiger partial charge >= 0.3 is 5.91 Å². The lowest BCUT2D eigenvalue weighted by atomic mass is 9.96. The van der Waals surface area contributed by atoms with Gasteiger partial charge in [0.2, 0.25) is 0 Å². The maximum Gasteiger partial charge on any atom is 0.301 e. The summed E-state index contributed by atoms with van der Waals surface area (Å²) in [7, 11) is 1.51. The van der Waals surface area contributed by atoms with E-state index in [9.17, 15) is 14.7 Å². The number of pyridine rings is 1. The summed E-state index contributed by atoms with van der Waals surface area (Å²) in [5.74, 6) is -1.37. The molecule has 1 N–H and O–H groups in total. The van der Waals surface area contributed by atoms with Crippen molar-refractivity contribution in [2.75, 3.05) is 12.0 Å². The van der Waals surface area contributed by atoms with Gasteiger partial charge in [-0.3, -0.25) is 19.5 Å². The van der Waals surface area contributed by atoms with Gasteiger partial charge in [-0.2, -0.15) is 0 Å². The van der Waals surface area contributed by atoms with E-state index in [-0.39, 0.29) is 11.3 Å². The minimum atomic E-state index is -0.902. The number of Topliss-reactive ketones (excluding diaryl/α,β-unsaturated/α-hetero) is 1. The number of carbonyl (C=O) groups excluding carboxylic acids is 2. The van der Waals surface area contributed by atoms with Crippen LogP contribution >= 0.6 is 22.9 Å². The molecule has 1 aliphatic heterocycles. The van der Waals surface area contributed by atoms with Gasteiger partial charge in [0.15, 0.2) is 5.13 Å². The number of hydrogen-bond acceptors (Lipinski definition) is 7. The minimum Gasteiger partial charge on any atom is -0.507 e. The molecule has 7 nitrogen and oxygen atoms in total. The Labute approximate surface area is 197 Å². The van der Waals surface area contributed by atoms with Crippen LogP contribution in [0, 0.1) is 0 Å². The Hall–Kier alpha value is -3.75. The topological polar surface area (TPSA) is 92.6 Å². The number of anilines is 1. The van der Waals surface area contributed by atoms with Crippen molar-refractivity contribution in [2.24, 2.45) is 0 Å². The molecule has 4 aromatic rings. The van der Waals surface area contributed by atoms with Crippen LogP contribution in [-0.2, 0) is 9.59 Å². The fourth-order valence-electron chi connectivity index (χ4n) is 3.80. The molecule has 1 unspecified atom stereocenters. The van der Waals surface area contributed by atoms with Crippen LogP contribution in [0.3, 0.4) is 0 Å². The van der Waals surface area contributed by atoms with Crippen molar-refractivity contribution in [3.63, 3.8) is 0 Å². The van der Waals surface area contributed by atoms with Gasteiger partial charge in [-0.1, -0.05) is 41.1 Å². The molecule has 3 heterocycles. The van der Waals surface area contributed by atoms with Gasteiger partial charge in [0.25, 0.3) is 5.78 Å². The molecule has 0 saturated carbocycles. The highest BCUT2D eigenvalue weighted by Gasteiger charge is 2.48. The number of aromatic nitrogens is 2. The molecule has 1 saturated heterocycles. The molecule has 1 atom stereocenters. The SMILES string of the molecule is COc1cccc(C(O)=C2C(=O)C(=O)N(c3nc4ccc(Cl)cc4s3)C2c2cccnc2)c1. The predicted octanol–water partition coefficient (Wildman–Crippen LogP) is 4.98. The monoisotopic (exact) mass is 477 g/mol. The van der Waals surface area contributed by atoms with E-state index in [1.165, 1.54) is 23.3 Å². The van der Waals surface area contributed by atoms with E-state index >= 15 is 0 Å². The summed E-state index contributed by atoms with van der Waals surface area (Å²) in [6, 6.07) is 14.4. The second kappa shape index (κ2) is 8.31. The second-order valence-corrected chi connectivity index (χ2v) is 8.74. The molecule has 5 rings (SSSR count). The smallest absolute Gasteiger partial charge is 0.301 e. The number of methoxy groups -OCH3 is 1. The number of aliphatic hydroxyl groups excluding tert-OH is 1. The second-order valence-electron chi connectivity index (χ2n) is 7.30. The number of ketones is 1. The van der Waals surface area contributed by atoms with Gasteiger partial charge in [0.1, 0.15) is 11.5 Å². The predicted molar refractivity (Wildman–Crippen MR) is 127 cm³/mol. The molecule has 33 heavy (non-hydrogen) atoms. The Bertz CT molecular complexity index is 1430. The van der Waals surface area contributed by atoms with Gasteiger partial charge in [0, 0.05) is 23.0 Å². The summed E-state index contributed by atoms with van der Waals surface area (Å²) in [4.78, 5) is 36.5.